The van der Waals surface area contributed by atoms with Gasteiger partial charge < -0.3 is 4.90 Å². The van der Waals surface area contributed by atoms with Gasteiger partial charge in [-0.2, -0.15) is 0 Å². The lowest BCUT2D eigenvalue weighted by atomic mass is 10.00. The molecule has 0 fully saturated rings. The topological polar surface area (TPSA) is 66.5 Å². The van der Waals surface area contributed by atoms with E-state index in [0.29, 0.717) is 19.0 Å². The Morgan fingerprint density at radius 3 is 2.41 bits per heavy atom. The van der Waals surface area contributed by atoms with E-state index in [9.17, 15) is 13.2 Å². The minimum Gasteiger partial charge on any atom is -0.338 e. The van der Waals surface area contributed by atoms with Gasteiger partial charge in [0.1, 0.15) is 0 Å². The third kappa shape index (κ3) is 4.76. The highest BCUT2D eigenvalue weighted by Gasteiger charge is 2.21. The van der Waals surface area contributed by atoms with E-state index in [1.807, 2.05) is 30.3 Å². The third-order valence-corrected chi connectivity index (χ3v) is 6.45. The fourth-order valence-corrected chi connectivity index (χ4v) is 4.31. The van der Waals surface area contributed by atoms with Crippen LogP contribution in [0.3, 0.4) is 0 Å². The van der Waals surface area contributed by atoms with Gasteiger partial charge in [0, 0.05) is 26.1 Å². The normalized spacial score (nSPS) is 14.3. The van der Waals surface area contributed by atoms with Crippen molar-refractivity contribution < 1.29 is 13.2 Å². The molecule has 1 aliphatic rings. The zero-order valence-corrected chi connectivity index (χ0v) is 16.6. The predicted octanol–water partition coefficient (Wildman–Crippen LogP) is 3.06. The fourth-order valence-electron chi connectivity index (χ4n) is 3.27. The van der Waals surface area contributed by atoms with Gasteiger partial charge in [-0.1, -0.05) is 50.2 Å². The summed E-state index contributed by atoms with van der Waals surface area (Å²) in [5, 5.41) is 0. The van der Waals surface area contributed by atoms with Crippen molar-refractivity contribution in [2.24, 2.45) is 0 Å². The van der Waals surface area contributed by atoms with Crippen molar-refractivity contribution in [3.05, 3.63) is 65.2 Å². The third-order valence-electron chi connectivity index (χ3n) is 4.97. The smallest absolute Gasteiger partial charge is 0.240 e. The Balaban J connectivity index is 1.53. The molecule has 1 heterocycles. The van der Waals surface area contributed by atoms with E-state index >= 15 is 0 Å². The molecule has 144 valence electrons. The number of carbonyl (C=O) groups is 1. The number of hydrogen-bond donors (Lipinski definition) is 1. The van der Waals surface area contributed by atoms with Crippen molar-refractivity contribution in [2.75, 3.05) is 13.1 Å². The van der Waals surface area contributed by atoms with Crippen LogP contribution in [0, 0.1) is 0 Å². The molecule has 6 heteroatoms. The molecule has 2 aromatic rings. The van der Waals surface area contributed by atoms with Gasteiger partial charge in [0.25, 0.3) is 0 Å². The van der Waals surface area contributed by atoms with Crippen molar-refractivity contribution >= 4 is 15.9 Å². The van der Waals surface area contributed by atoms with Gasteiger partial charge >= 0.3 is 0 Å². The number of nitrogens with zero attached hydrogens (tertiary/aromatic N) is 1. The lowest BCUT2D eigenvalue weighted by Crippen LogP contribution is -2.38. The zero-order chi connectivity index (χ0) is 19.4. The Morgan fingerprint density at radius 1 is 1.07 bits per heavy atom. The Kier molecular flexibility index (Phi) is 5.97. The molecular weight excluding hydrogens is 360 g/mol. The van der Waals surface area contributed by atoms with Crippen LogP contribution in [0.15, 0.2) is 53.4 Å². The summed E-state index contributed by atoms with van der Waals surface area (Å²) in [5.74, 6) is 0.323. The lowest BCUT2D eigenvalue weighted by molar-refractivity contribution is -0.131. The fraction of sp³-hybridized carbons (Fsp3) is 0.381. The highest BCUT2D eigenvalue weighted by molar-refractivity contribution is 7.89. The molecule has 2 aromatic carbocycles. The van der Waals surface area contributed by atoms with E-state index in [4.69, 9.17) is 0 Å². The van der Waals surface area contributed by atoms with E-state index in [1.165, 1.54) is 11.1 Å². The van der Waals surface area contributed by atoms with Crippen molar-refractivity contribution in [1.82, 2.24) is 9.62 Å². The van der Waals surface area contributed by atoms with Gasteiger partial charge in [-0.15, -0.1) is 0 Å². The van der Waals surface area contributed by atoms with Gasteiger partial charge in [0.05, 0.1) is 4.90 Å². The molecule has 0 unspecified atom stereocenters. The molecule has 27 heavy (non-hydrogen) atoms. The maximum atomic E-state index is 12.4. The molecule has 0 aromatic heterocycles. The first-order valence-corrected chi connectivity index (χ1v) is 10.8. The largest absolute Gasteiger partial charge is 0.338 e. The molecule has 0 aliphatic carbocycles. The molecule has 0 saturated carbocycles. The van der Waals surface area contributed by atoms with Crippen LogP contribution in [0.5, 0.6) is 0 Å². The van der Waals surface area contributed by atoms with Crippen LogP contribution in [0.2, 0.25) is 0 Å². The number of sulfonamides is 1. The summed E-state index contributed by atoms with van der Waals surface area (Å²) < 4.78 is 27.3. The highest BCUT2D eigenvalue weighted by Crippen LogP contribution is 2.19. The van der Waals surface area contributed by atoms with Gasteiger partial charge in [0.2, 0.25) is 15.9 Å². The average molecular weight is 387 g/mol. The average Bonchev–Trinajstić information content (AvgIpc) is 2.67. The monoisotopic (exact) mass is 386 g/mol. The Morgan fingerprint density at radius 2 is 1.74 bits per heavy atom. The van der Waals surface area contributed by atoms with E-state index in [0.717, 1.165) is 12.0 Å². The number of amides is 1. The first kappa shape index (κ1) is 19.6. The first-order chi connectivity index (χ1) is 12.9. The van der Waals surface area contributed by atoms with Gasteiger partial charge in [-0.3, -0.25) is 4.79 Å². The minimum absolute atomic E-state index is 0.0256. The molecule has 1 amide bonds. The van der Waals surface area contributed by atoms with Crippen LogP contribution in [0.4, 0.5) is 0 Å². The summed E-state index contributed by atoms with van der Waals surface area (Å²) in [7, 11) is -3.60. The summed E-state index contributed by atoms with van der Waals surface area (Å²) in [5.41, 5.74) is 3.55. The maximum absolute atomic E-state index is 12.4. The Bertz CT molecular complexity index is 905. The van der Waals surface area contributed by atoms with Crippen LogP contribution in [0.1, 0.15) is 42.9 Å². The standard InChI is InChI=1S/C21H26N2O3S/c1-16(2)17-7-9-20(10-8-17)27(25,26)22-13-11-21(24)23-14-12-18-5-3-4-6-19(18)15-23/h3-10,16,22H,11-15H2,1-2H3. The summed E-state index contributed by atoms with van der Waals surface area (Å²) in [6, 6.07) is 15.0. The molecule has 0 atom stereocenters. The quantitative estimate of drug-likeness (QED) is 0.830. The zero-order valence-electron chi connectivity index (χ0n) is 15.8. The second-order valence-electron chi connectivity index (χ2n) is 7.21. The van der Waals surface area contributed by atoms with E-state index in [2.05, 4.69) is 24.6 Å². The summed E-state index contributed by atoms with van der Waals surface area (Å²) in [4.78, 5) is 14.5. The molecular formula is C21H26N2O3S. The highest BCUT2D eigenvalue weighted by atomic mass is 32.2. The minimum atomic E-state index is -3.60. The first-order valence-electron chi connectivity index (χ1n) is 9.31. The van der Waals surface area contributed by atoms with Crippen LogP contribution < -0.4 is 4.72 Å². The van der Waals surface area contributed by atoms with Crippen molar-refractivity contribution in [3.63, 3.8) is 0 Å². The molecule has 0 saturated heterocycles. The van der Waals surface area contributed by atoms with Gasteiger partial charge in [0.15, 0.2) is 0 Å². The van der Waals surface area contributed by atoms with E-state index < -0.39 is 10.0 Å². The molecule has 0 radical (unpaired) electrons. The van der Waals surface area contributed by atoms with E-state index in [-0.39, 0.29) is 23.8 Å². The number of nitrogens with one attached hydrogen (secondary N) is 1. The Labute approximate surface area is 161 Å². The SMILES string of the molecule is CC(C)c1ccc(S(=O)(=O)NCCC(=O)N2CCc3ccccc3C2)cc1. The number of hydrogen-bond acceptors (Lipinski definition) is 3. The molecule has 1 N–H and O–H groups in total. The van der Waals surface area contributed by atoms with Crippen molar-refractivity contribution in [1.29, 1.82) is 0 Å². The van der Waals surface area contributed by atoms with Crippen LogP contribution in [0.25, 0.3) is 0 Å². The van der Waals surface area contributed by atoms with Crippen LogP contribution >= 0.6 is 0 Å². The number of carbonyl (C=O) groups excluding carboxylic acids is 1. The molecule has 1 aliphatic heterocycles. The van der Waals surface area contributed by atoms with Crippen LogP contribution in [-0.2, 0) is 27.8 Å². The van der Waals surface area contributed by atoms with E-state index in [1.54, 1.807) is 17.0 Å². The second-order valence-corrected chi connectivity index (χ2v) is 8.97. The van der Waals surface area contributed by atoms with Crippen molar-refractivity contribution in [3.8, 4) is 0 Å². The number of fused-ring (bicyclic) bond motifs is 1. The number of rotatable bonds is 6. The lowest BCUT2D eigenvalue weighted by Gasteiger charge is -2.29. The van der Waals surface area contributed by atoms with Gasteiger partial charge in [-0.05, 0) is 41.2 Å². The Hall–Kier alpha value is -2.18. The summed E-state index contributed by atoms with van der Waals surface area (Å²) in [6.07, 6.45) is 1.00. The van der Waals surface area contributed by atoms with Gasteiger partial charge in [-0.25, -0.2) is 13.1 Å². The molecule has 0 spiro atoms. The second kappa shape index (κ2) is 8.23. The maximum Gasteiger partial charge on any atom is 0.240 e. The molecule has 3 rings (SSSR count). The molecule has 5 nitrogen and oxygen atoms in total. The summed E-state index contributed by atoms with van der Waals surface area (Å²) >= 11 is 0. The summed E-state index contributed by atoms with van der Waals surface area (Å²) in [6.45, 7) is 5.50. The van der Waals surface area contributed by atoms with Crippen molar-refractivity contribution in [2.45, 2.75) is 44.0 Å². The number of benzene rings is 2. The predicted molar refractivity (Wildman–Crippen MR) is 106 cm³/mol. The van der Waals surface area contributed by atoms with Crippen LogP contribution in [-0.4, -0.2) is 32.3 Å². The molecule has 0 bridgehead atoms.